The molecule has 7 rings (SSSR count). The molecule has 1 aliphatic carbocycles. The molecule has 0 saturated carbocycles. The van der Waals surface area contributed by atoms with Crippen LogP contribution in [-0.2, 0) is 6.42 Å². The summed E-state index contributed by atoms with van der Waals surface area (Å²) >= 11 is 1.23. The van der Waals surface area contributed by atoms with Crippen LogP contribution in [-0.4, -0.2) is 28.6 Å². The number of nitro benzene ring substituents is 2. The topological polar surface area (TPSA) is 148 Å². The van der Waals surface area contributed by atoms with Gasteiger partial charge in [-0.15, -0.1) is 0 Å². The molecule has 240 valence electrons. The predicted octanol–water partition coefficient (Wildman–Crippen LogP) is 5.94. The molecule has 0 bridgehead atoms. The van der Waals surface area contributed by atoms with Crippen molar-refractivity contribution in [2.24, 2.45) is 4.99 Å². The zero-order valence-electron chi connectivity index (χ0n) is 25.6. The van der Waals surface area contributed by atoms with E-state index in [1.807, 2.05) is 30.3 Å². The largest absolute Gasteiger partial charge is 0.493 e. The molecular weight excluding hydrogens is 636 g/mol. The van der Waals surface area contributed by atoms with Crippen molar-refractivity contribution in [3.8, 4) is 23.0 Å². The van der Waals surface area contributed by atoms with Crippen molar-refractivity contribution < 1.29 is 24.1 Å². The van der Waals surface area contributed by atoms with Gasteiger partial charge < -0.3 is 14.2 Å². The van der Waals surface area contributed by atoms with E-state index in [4.69, 9.17) is 19.2 Å². The molecule has 0 amide bonds. The lowest BCUT2D eigenvalue weighted by Gasteiger charge is -2.31. The van der Waals surface area contributed by atoms with Crippen molar-refractivity contribution in [3.05, 3.63) is 153 Å². The maximum absolute atomic E-state index is 14.3. The number of benzene rings is 4. The van der Waals surface area contributed by atoms with Crippen LogP contribution in [0.3, 0.4) is 0 Å². The Morgan fingerprint density at radius 2 is 1.60 bits per heavy atom. The fraction of sp³-hybridized carbons (Fsp3) is 0.143. The van der Waals surface area contributed by atoms with Crippen molar-refractivity contribution in [2.45, 2.75) is 18.9 Å². The highest BCUT2D eigenvalue weighted by molar-refractivity contribution is 7.07. The zero-order chi connectivity index (χ0) is 33.5. The molecule has 1 aliphatic heterocycles. The molecule has 0 saturated heterocycles. The quantitative estimate of drug-likeness (QED) is 0.146. The molecule has 0 unspecified atom stereocenters. The number of aryl methyl sites for hydroxylation is 1. The Balaban J connectivity index is 1.39. The third-order valence-electron chi connectivity index (χ3n) is 8.37. The molecule has 0 N–H and O–H groups in total. The fourth-order valence-electron chi connectivity index (χ4n) is 6.15. The molecular formula is C35H26N4O8S. The Bertz CT molecular complexity index is 2360. The van der Waals surface area contributed by atoms with Crippen LogP contribution < -0.4 is 29.1 Å². The first kappa shape index (κ1) is 30.6. The van der Waals surface area contributed by atoms with Gasteiger partial charge in [-0.05, 0) is 59.9 Å². The lowest BCUT2D eigenvalue weighted by molar-refractivity contribution is -0.394. The monoisotopic (exact) mass is 662 g/mol. The lowest BCUT2D eigenvalue weighted by atomic mass is 9.83. The predicted molar refractivity (Wildman–Crippen MR) is 179 cm³/mol. The minimum absolute atomic E-state index is 0.173. The number of hydrogen-bond donors (Lipinski definition) is 0. The number of fused-ring (bicyclic) bond motifs is 3. The number of hydrogen-bond acceptors (Lipinski definition) is 10. The van der Waals surface area contributed by atoms with Gasteiger partial charge in [0.2, 0.25) is 5.75 Å². The maximum atomic E-state index is 14.3. The summed E-state index contributed by atoms with van der Waals surface area (Å²) < 4.78 is 19.1. The van der Waals surface area contributed by atoms with E-state index in [-0.39, 0.29) is 17.1 Å². The molecule has 0 fully saturated rings. The first-order valence-electron chi connectivity index (χ1n) is 14.8. The van der Waals surface area contributed by atoms with Crippen molar-refractivity contribution >= 4 is 34.5 Å². The smallest absolute Gasteiger partial charge is 0.318 e. The SMILES string of the molecule is COc1ccc([C@@H]2C3=C(N=c4s/c(=C\c5ccccc5Oc5ccc([N+](=O)[O-])cc5[N+](=O)[O-])c(=O)n42)c2ccccc2CC3)cc1OC. The lowest BCUT2D eigenvalue weighted by Crippen LogP contribution is -2.38. The summed E-state index contributed by atoms with van der Waals surface area (Å²) in [5.41, 5.74) is 4.16. The number of rotatable bonds is 8. The van der Waals surface area contributed by atoms with E-state index in [0.29, 0.717) is 32.8 Å². The summed E-state index contributed by atoms with van der Waals surface area (Å²) in [7, 11) is 3.14. The molecule has 0 radical (unpaired) electrons. The van der Waals surface area contributed by atoms with Crippen LogP contribution in [0.2, 0.25) is 0 Å². The molecule has 2 heterocycles. The van der Waals surface area contributed by atoms with Crippen LogP contribution >= 0.6 is 11.3 Å². The van der Waals surface area contributed by atoms with Gasteiger partial charge in [0.15, 0.2) is 16.3 Å². The molecule has 4 aromatic carbocycles. The van der Waals surface area contributed by atoms with Crippen LogP contribution in [0.1, 0.15) is 34.7 Å². The number of ether oxygens (including phenoxy) is 3. The number of methoxy groups -OCH3 is 2. The highest BCUT2D eigenvalue weighted by Gasteiger charge is 2.33. The molecule has 0 spiro atoms. The standard InChI is InChI=1S/C35H26N4O8S/c1-45-29-15-12-22(17-30(29)46-2)33-25-14-11-20-7-3-5-9-24(20)32(25)36-35-37(33)34(40)31(48-35)18-21-8-4-6-10-27(21)47-28-16-13-23(38(41)42)19-26(28)39(43)44/h3-10,12-13,15-19,33H,11,14H2,1-2H3/b31-18-/t33-/m1/s1. The third-order valence-corrected chi connectivity index (χ3v) is 9.35. The van der Waals surface area contributed by atoms with Gasteiger partial charge in [-0.25, -0.2) is 4.99 Å². The Kier molecular flexibility index (Phi) is 7.81. The highest BCUT2D eigenvalue weighted by atomic mass is 32.1. The normalized spacial score (nSPS) is 15.1. The molecule has 13 heteroatoms. The van der Waals surface area contributed by atoms with Crippen LogP contribution in [0.4, 0.5) is 11.4 Å². The second kappa shape index (κ2) is 12.3. The van der Waals surface area contributed by atoms with Gasteiger partial charge in [0, 0.05) is 17.2 Å². The van der Waals surface area contributed by atoms with Crippen LogP contribution in [0.25, 0.3) is 11.8 Å². The number of thiazole rings is 1. The van der Waals surface area contributed by atoms with Crippen LogP contribution in [0, 0.1) is 20.2 Å². The Labute approximate surface area is 276 Å². The molecule has 12 nitrogen and oxygen atoms in total. The summed E-state index contributed by atoms with van der Waals surface area (Å²) in [6.07, 6.45) is 3.18. The fourth-order valence-corrected chi connectivity index (χ4v) is 7.14. The van der Waals surface area contributed by atoms with E-state index >= 15 is 0 Å². The van der Waals surface area contributed by atoms with Gasteiger partial charge in [0.25, 0.3) is 11.2 Å². The number of allylic oxidation sites excluding steroid dienone is 1. The highest BCUT2D eigenvalue weighted by Crippen LogP contribution is 2.43. The molecule has 1 atom stereocenters. The number of nitro groups is 2. The first-order valence-corrected chi connectivity index (χ1v) is 15.6. The number of para-hydroxylation sites is 1. The minimum Gasteiger partial charge on any atom is -0.493 e. The third kappa shape index (κ3) is 5.29. The van der Waals surface area contributed by atoms with E-state index in [1.165, 1.54) is 23.0 Å². The number of non-ortho nitro benzene ring substituents is 1. The average Bonchev–Trinajstić information content (AvgIpc) is 3.41. The molecule has 2 aliphatic rings. The van der Waals surface area contributed by atoms with Gasteiger partial charge in [0.05, 0.1) is 46.4 Å². The summed E-state index contributed by atoms with van der Waals surface area (Å²) in [5, 5.41) is 23.0. The van der Waals surface area contributed by atoms with Crippen LogP contribution in [0.5, 0.6) is 23.0 Å². The molecule has 5 aromatic rings. The van der Waals surface area contributed by atoms with E-state index < -0.39 is 27.3 Å². The second-order valence-electron chi connectivity index (χ2n) is 11.0. The van der Waals surface area contributed by atoms with Crippen molar-refractivity contribution in [3.63, 3.8) is 0 Å². The van der Waals surface area contributed by atoms with E-state index in [1.54, 1.807) is 49.1 Å². The van der Waals surface area contributed by atoms with E-state index in [2.05, 4.69) is 12.1 Å². The first-order chi connectivity index (χ1) is 23.3. The van der Waals surface area contributed by atoms with Crippen molar-refractivity contribution in [1.82, 2.24) is 4.57 Å². The summed E-state index contributed by atoms with van der Waals surface area (Å²) in [5.74, 6) is 1.17. The van der Waals surface area contributed by atoms with Gasteiger partial charge in [0.1, 0.15) is 5.75 Å². The van der Waals surface area contributed by atoms with Crippen LogP contribution in [0.15, 0.2) is 100 Å². The Hall–Kier alpha value is -6.08. The maximum Gasteiger partial charge on any atom is 0.318 e. The second-order valence-corrected chi connectivity index (χ2v) is 12.0. The van der Waals surface area contributed by atoms with Crippen molar-refractivity contribution in [2.75, 3.05) is 14.2 Å². The van der Waals surface area contributed by atoms with Crippen molar-refractivity contribution in [1.29, 1.82) is 0 Å². The summed E-state index contributed by atoms with van der Waals surface area (Å²) in [4.78, 5) is 41.4. The van der Waals surface area contributed by atoms with Gasteiger partial charge in [-0.2, -0.15) is 0 Å². The average molecular weight is 663 g/mol. The molecule has 48 heavy (non-hydrogen) atoms. The van der Waals surface area contributed by atoms with Gasteiger partial charge >= 0.3 is 5.69 Å². The molecule has 1 aromatic heterocycles. The van der Waals surface area contributed by atoms with Gasteiger partial charge in [-0.1, -0.05) is 59.9 Å². The summed E-state index contributed by atoms with van der Waals surface area (Å²) in [6.45, 7) is 0. The van der Waals surface area contributed by atoms with E-state index in [9.17, 15) is 25.0 Å². The Morgan fingerprint density at radius 1 is 0.854 bits per heavy atom. The van der Waals surface area contributed by atoms with Gasteiger partial charge in [-0.3, -0.25) is 29.6 Å². The summed E-state index contributed by atoms with van der Waals surface area (Å²) in [6, 6.07) is 23.3. The van der Waals surface area contributed by atoms with E-state index in [0.717, 1.165) is 41.0 Å². The Morgan fingerprint density at radius 3 is 2.38 bits per heavy atom. The zero-order valence-corrected chi connectivity index (χ0v) is 26.4. The minimum atomic E-state index is -0.739. The number of aromatic nitrogens is 1. The number of nitrogens with zero attached hydrogens (tertiary/aromatic N) is 4.